The van der Waals surface area contributed by atoms with Crippen LogP contribution in [-0.4, -0.2) is 48.7 Å². The SMILES string of the molecule is CN(CCCC(=O)N1CCCCC1c1nc2ccccc2s1)S(=O)(=O)c1ccc(F)cc1. The van der Waals surface area contributed by atoms with Crippen LogP contribution in [0, 0.1) is 5.82 Å². The average Bonchev–Trinajstić information content (AvgIpc) is 3.23. The van der Waals surface area contributed by atoms with E-state index in [1.54, 1.807) is 11.3 Å². The highest BCUT2D eigenvalue weighted by molar-refractivity contribution is 7.89. The van der Waals surface area contributed by atoms with Gasteiger partial charge in [-0.1, -0.05) is 12.1 Å². The van der Waals surface area contributed by atoms with Crippen molar-refractivity contribution in [3.05, 3.63) is 59.4 Å². The monoisotopic (exact) mass is 475 g/mol. The molecule has 2 heterocycles. The second-order valence-electron chi connectivity index (χ2n) is 8.00. The predicted octanol–water partition coefficient (Wildman–Crippen LogP) is 4.59. The van der Waals surface area contributed by atoms with E-state index >= 15 is 0 Å². The molecule has 0 aliphatic carbocycles. The number of fused-ring (bicyclic) bond motifs is 1. The number of halogens is 1. The zero-order valence-corrected chi connectivity index (χ0v) is 19.5. The van der Waals surface area contributed by atoms with Crippen molar-refractivity contribution in [2.75, 3.05) is 20.1 Å². The van der Waals surface area contributed by atoms with E-state index in [9.17, 15) is 17.6 Å². The lowest BCUT2D eigenvalue weighted by Crippen LogP contribution is -2.38. The maximum absolute atomic E-state index is 13.1. The number of thiazole rings is 1. The first-order valence-electron chi connectivity index (χ1n) is 10.7. The highest BCUT2D eigenvalue weighted by atomic mass is 32.2. The number of nitrogens with zero attached hydrogens (tertiary/aromatic N) is 3. The molecule has 2 aromatic carbocycles. The van der Waals surface area contributed by atoms with E-state index in [4.69, 9.17) is 4.98 Å². The van der Waals surface area contributed by atoms with Crippen molar-refractivity contribution in [2.45, 2.75) is 43.0 Å². The van der Waals surface area contributed by atoms with Gasteiger partial charge in [0, 0.05) is 26.6 Å². The molecular formula is C23H26FN3O3S2. The van der Waals surface area contributed by atoms with Crippen molar-refractivity contribution < 1.29 is 17.6 Å². The second-order valence-corrected chi connectivity index (χ2v) is 11.1. The Morgan fingerprint density at radius 2 is 1.94 bits per heavy atom. The van der Waals surface area contributed by atoms with Crippen LogP contribution >= 0.6 is 11.3 Å². The van der Waals surface area contributed by atoms with Crippen molar-refractivity contribution in [1.82, 2.24) is 14.2 Å². The summed E-state index contributed by atoms with van der Waals surface area (Å²) in [5.41, 5.74) is 0.957. The number of benzene rings is 2. The van der Waals surface area contributed by atoms with E-state index in [-0.39, 0.29) is 29.8 Å². The molecule has 0 radical (unpaired) electrons. The van der Waals surface area contributed by atoms with E-state index in [1.165, 1.54) is 23.5 Å². The standard InChI is InChI=1S/C23H26FN3O3S2/c1-26(32(29,30)18-13-11-17(24)12-14-18)15-6-10-22(28)27-16-5-4-8-20(27)23-25-19-7-2-3-9-21(19)31-23/h2-3,7,9,11-14,20H,4-6,8,10,15-16H2,1H3. The van der Waals surface area contributed by atoms with Gasteiger partial charge in [-0.25, -0.2) is 22.1 Å². The molecule has 0 bridgehead atoms. The van der Waals surface area contributed by atoms with Gasteiger partial charge in [-0.15, -0.1) is 11.3 Å². The summed E-state index contributed by atoms with van der Waals surface area (Å²) >= 11 is 1.64. The number of hydrogen-bond donors (Lipinski definition) is 0. The Bertz CT molecular complexity index is 1160. The molecule has 1 amide bonds. The molecule has 0 N–H and O–H groups in total. The smallest absolute Gasteiger partial charge is 0.242 e. The Balaban J connectivity index is 1.38. The fraction of sp³-hybridized carbons (Fsp3) is 0.391. The van der Waals surface area contributed by atoms with Crippen molar-refractivity contribution >= 4 is 37.5 Å². The quantitative estimate of drug-likeness (QED) is 0.501. The Morgan fingerprint density at radius 3 is 2.69 bits per heavy atom. The van der Waals surface area contributed by atoms with Crippen molar-refractivity contribution in [1.29, 1.82) is 0 Å². The van der Waals surface area contributed by atoms with E-state index in [1.807, 2.05) is 29.2 Å². The number of likely N-dealkylation sites (tertiary alicyclic amines) is 1. The molecule has 32 heavy (non-hydrogen) atoms. The minimum Gasteiger partial charge on any atom is -0.333 e. The summed E-state index contributed by atoms with van der Waals surface area (Å²) in [4.78, 5) is 19.7. The molecule has 1 atom stereocenters. The number of para-hydroxylation sites is 1. The molecule has 170 valence electrons. The van der Waals surface area contributed by atoms with Gasteiger partial charge in [0.1, 0.15) is 10.8 Å². The van der Waals surface area contributed by atoms with Crippen molar-refractivity contribution in [3.63, 3.8) is 0 Å². The molecule has 1 aliphatic heterocycles. The number of carbonyl (C=O) groups excluding carboxylic acids is 1. The Hall–Kier alpha value is -2.36. The molecule has 1 aromatic heterocycles. The summed E-state index contributed by atoms with van der Waals surface area (Å²) in [7, 11) is -2.23. The Kier molecular flexibility index (Phi) is 6.88. The number of piperidine rings is 1. The van der Waals surface area contributed by atoms with Gasteiger partial charge in [0.05, 0.1) is 21.2 Å². The number of sulfonamides is 1. The molecule has 1 unspecified atom stereocenters. The van der Waals surface area contributed by atoms with Crippen LogP contribution in [0.2, 0.25) is 0 Å². The van der Waals surface area contributed by atoms with Gasteiger partial charge in [-0.3, -0.25) is 4.79 Å². The van der Waals surface area contributed by atoms with Gasteiger partial charge in [0.25, 0.3) is 0 Å². The predicted molar refractivity (Wildman–Crippen MR) is 123 cm³/mol. The van der Waals surface area contributed by atoms with Crippen LogP contribution in [0.15, 0.2) is 53.4 Å². The number of amides is 1. The molecule has 0 spiro atoms. The first-order chi connectivity index (χ1) is 15.4. The zero-order chi connectivity index (χ0) is 22.7. The van der Waals surface area contributed by atoms with Crippen LogP contribution in [0.1, 0.15) is 43.2 Å². The third-order valence-electron chi connectivity index (χ3n) is 5.80. The molecule has 4 rings (SSSR count). The summed E-state index contributed by atoms with van der Waals surface area (Å²) in [6.07, 6.45) is 3.60. The Morgan fingerprint density at radius 1 is 1.19 bits per heavy atom. The third-order valence-corrected chi connectivity index (χ3v) is 8.81. The lowest BCUT2D eigenvalue weighted by Gasteiger charge is -2.34. The van der Waals surface area contributed by atoms with E-state index < -0.39 is 15.8 Å². The molecule has 1 saturated heterocycles. The second kappa shape index (κ2) is 9.64. The van der Waals surface area contributed by atoms with Crippen molar-refractivity contribution in [2.24, 2.45) is 0 Å². The largest absolute Gasteiger partial charge is 0.333 e. The molecular weight excluding hydrogens is 449 g/mol. The molecule has 0 saturated carbocycles. The summed E-state index contributed by atoms with van der Waals surface area (Å²) in [5, 5.41) is 0.968. The van der Waals surface area contributed by atoms with Gasteiger partial charge < -0.3 is 4.90 Å². The van der Waals surface area contributed by atoms with Crippen LogP contribution < -0.4 is 0 Å². The van der Waals surface area contributed by atoms with Gasteiger partial charge in [0.2, 0.25) is 15.9 Å². The first-order valence-corrected chi connectivity index (χ1v) is 13.0. The minimum atomic E-state index is -3.71. The van der Waals surface area contributed by atoms with Gasteiger partial charge >= 0.3 is 0 Å². The lowest BCUT2D eigenvalue weighted by atomic mass is 10.0. The normalized spacial score (nSPS) is 17.2. The minimum absolute atomic E-state index is 0.0191. The maximum atomic E-state index is 13.1. The lowest BCUT2D eigenvalue weighted by molar-refractivity contribution is -0.135. The highest BCUT2D eigenvalue weighted by Gasteiger charge is 2.30. The van der Waals surface area contributed by atoms with Crippen LogP contribution in [0.25, 0.3) is 10.2 Å². The van der Waals surface area contributed by atoms with Gasteiger partial charge in [0.15, 0.2) is 0 Å². The molecule has 6 nitrogen and oxygen atoms in total. The van der Waals surface area contributed by atoms with Gasteiger partial charge in [-0.05, 0) is 62.1 Å². The zero-order valence-electron chi connectivity index (χ0n) is 17.9. The number of hydrogen-bond acceptors (Lipinski definition) is 5. The topological polar surface area (TPSA) is 70.6 Å². The maximum Gasteiger partial charge on any atom is 0.242 e. The molecule has 1 aliphatic rings. The Labute approximate surface area is 191 Å². The molecule has 9 heteroatoms. The highest BCUT2D eigenvalue weighted by Crippen LogP contribution is 2.36. The molecule has 1 fully saturated rings. The molecule has 3 aromatic rings. The van der Waals surface area contributed by atoms with Crippen LogP contribution in [0.5, 0.6) is 0 Å². The first kappa shape index (κ1) is 22.8. The van der Waals surface area contributed by atoms with Crippen molar-refractivity contribution in [3.8, 4) is 0 Å². The van der Waals surface area contributed by atoms with Crippen LogP contribution in [-0.2, 0) is 14.8 Å². The van der Waals surface area contributed by atoms with E-state index in [0.29, 0.717) is 13.0 Å². The van der Waals surface area contributed by atoms with Crippen LogP contribution in [0.4, 0.5) is 4.39 Å². The fourth-order valence-corrected chi connectivity index (χ4v) is 6.35. The average molecular weight is 476 g/mol. The number of aromatic nitrogens is 1. The fourth-order valence-electron chi connectivity index (χ4n) is 4.02. The third kappa shape index (κ3) is 4.84. The summed E-state index contributed by atoms with van der Waals surface area (Å²) in [6.45, 7) is 0.911. The summed E-state index contributed by atoms with van der Waals surface area (Å²) < 4.78 is 40.7. The summed E-state index contributed by atoms with van der Waals surface area (Å²) in [6, 6.07) is 12.7. The number of rotatable bonds is 7. The number of carbonyl (C=O) groups is 1. The van der Waals surface area contributed by atoms with Gasteiger partial charge in [-0.2, -0.15) is 0 Å². The van der Waals surface area contributed by atoms with Crippen LogP contribution in [0.3, 0.4) is 0 Å². The van der Waals surface area contributed by atoms with E-state index in [2.05, 4.69) is 0 Å². The van der Waals surface area contributed by atoms with E-state index in [0.717, 1.165) is 46.6 Å². The summed E-state index contributed by atoms with van der Waals surface area (Å²) in [5.74, 6) is -0.456.